The number of methoxy groups -OCH3 is 1. The Morgan fingerprint density at radius 2 is 2.11 bits per heavy atom. The first-order valence-corrected chi connectivity index (χ1v) is 9.53. The average Bonchev–Trinajstić information content (AvgIpc) is 3.01. The van der Waals surface area contributed by atoms with E-state index in [0.717, 1.165) is 24.6 Å². The summed E-state index contributed by atoms with van der Waals surface area (Å²) in [4.78, 5) is 23.4. The third kappa shape index (κ3) is 9.17. The van der Waals surface area contributed by atoms with E-state index in [4.69, 9.17) is 9.47 Å². The number of nitrogens with zero attached hydrogens (tertiary/aromatic N) is 3. The van der Waals surface area contributed by atoms with Crippen molar-refractivity contribution in [3.8, 4) is 0 Å². The SMILES string of the molecule is CCOC(=O)c1sc(C(C)NC(=NC)NCCN(C)CCOC)nc1C.I. The van der Waals surface area contributed by atoms with Gasteiger partial charge in [-0.15, -0.1) is 35.3 Å². The van der Waals surface area contributed by atoms with Crippen LogP contribution in [0.3, 0.4) is 0 Å². The zero-order valence-electron chi connectivity index (χ0n) is 17.0. The van der Waals surface area contributed by atoms with E-state index in [1.165, 1.54) is 11.3 Å². The molecule has 0 saturated heterocycles. The molecule has 0 radical (unpaired) electrons. The van der Waals surface area contributed by atoms with Gasteiger partial charge in [-0.3, -0.25) is 4.99 Å². The Kier molecular flexibility index (Phi) is 13.6. The number of aliphatic imine (C=N–C) groups is 1. The van der Waals surface area contributed by atoms with Gasteiger partial charge in [-0.25, -0.2) is 9.78 Å². The molecule has 0 spiro atoms. The van der Waals surface area contributed by atoms with Gasteiger partial charge in [-0.2, -0.15) is 0 Å². The molecule has 1 atom stereocenters. The van der Waals surface area contributed by atoms with Crippen LogP contribution < -0.4 is 10.6 Å². The molecule has 0 aliphatic carbocycles. The van der Waals surface area contributed by atoms with Gasteiger partial charge in [0.05, 0.1) is 24.9 Å². The van der Waals surface area contributed by atoms with Gasteiger partial charge in [-0.05, 0) is 27.8 Å². The van der Waals surface area contributed by atoms with E-state index in [1.807, 2.05) is 13.8 Å². The second kappa shape index (κ2) is 14.1. The Morgan fingerprint density at radius 3 is 2.70 bits per heavy atom. The van der Waals surface area contributed by atoms with E-state index in [1.54, 1.807) is 21.1 Å². The molecule has 1 aromatic rings. The van der Waals surface area contributed by atoms with Gasteiger partial charge in [0.2, 0.25) is 0 Å². The fraction of sp³-hybridized carbons (Fsp3) is 0.706. The molecule has 0 aliphatic heterocycles. The van der Waals surface area contributed by atoms with Crippen molar-refractivity contribution in [1.29, 1.82) is 0 Å². The van der Waals surface area contributed by atoms with Crippen LogP contribution in [0.1, 0.15) is 40.3 Å². The van der Waals surface area contributed by atoms with Crippen LogP contribution in [0.25, 0.3) is 0 Å². The molecule has 156 valence electrons. The Morgan fingerprint density at radius 1 is 1.41 bits per heavy atom. The highest BCUT2D eigenvalue weighted by Crippen LogP contribution is 2.24. The summed E-state index contributed by atoms with van der Waals surface area (Å²) in [6, 6.07) is -0.0701. The maximum absolute atomic E-state index is 11.9. The summed E-state index contributed by atoms with van der Waals surface area (Å²) in [5.41, 5.74) is 0.694. The lowest BCUT2D eigenvalue weighted by atomic mass is 10.3. The molecule has 1 unspecified atom stereocenters. The highest BCUT2D eigenvalue weighted by Gasteiger charge is 2.20. The third-order valence-electron chi connectivity index (χ3n) is 3.68. The van der Waals surface area contributed by atoms with Crippen LogP contribution in [0.15, 0.2) is 4.99 Å². The Bertz CT molecular complexity index is 597. The number of esters is 1. The number of likely N-dealkylation sites (N-methyl/N-ethyl adjacent to an activating group) is 1. The van der Waals surface area contributed by atoms with Gasteiger partial charge >= 0.3 is 5.97 Å². The molecule has 0 bridgehead atoms. The van der Waals surface area contributed by atoms with Crippen LogP contribution in [0, 0.1) is 6.92 Å². The predicted molar refractivity (Wildman–Crippen MR) is 121 cm³/mol. The van der Waals surface area contributed by atoms with E-state index in [9.17, 15) is 4.79 Å². The Labute approximate surface area is 183 Å². The van der Waals surface area contributed by atoms with E-state index >= 15 is 0 Å². The van der Waals surface area contributed by atoms with E-state index in [-0.39, 0.29) is 36.0 Å². The van der Waals surface area contributed by atoms with Crippen molar-refractivity contribution in [1.82, 2.24) is 20.5 Å². The lowest BCUT2D eigenvalue weighted by Crippen LogP contribution is -2.42. The number of halogens is 1. The van der Waals surface area contributed by atoms with Gasteiger partial charge in [-0.1, -0.05) is 0 Å². The minimum Gasteiger partial charge on any atom is -0.462 e. The molecule has 0 aliphatic rings. The van der Waals surface area contributed by atoms with E-state index < -0.39 is 0 Å². The fourth-order valence-corrected chi connectivity index (χ4v) is 3.14. The number of aromatic nitrogens is 1. The van der Waals surface area contributed by atoms with E-state index in [0.29, 0.717) is 29.7 Å². The molecule has 1 heterocycles. The summed E-state index contributed by atoms with van der Waals surface area (Å²) >= 11 is 1.35. The number of carbonyl (C=O) groups excluding carboxylic acids is 1. The maximum Gasteiger partial charge on any atom is 0.350 e. The second-order valence-electron chi connectivity index (χ2n) is 5.85. The first kappa shape index (κ1) is 26.0. The maximum atomic E-state index is 11.9. The molecule has 27 heavy (non-hydrogen) atoms. The minimum atomic E-state index is -0.317. The van der Waals surface area contributed by atoms with Crippen molar-refractivity contribution < 1.29 is 14.3 Å². The van der Waals surface area contributed by atoms with Crippen molar-refractivity contribution in [3.63, 3.8) is 0 Å². The predicted octanol–water partition coefficient (Wildman–Crippen LogP) is 2.05. The standard InChI is InChI=1S/C17H31N5O3S.HI/c1-7-25-16(23)14-12(2)20-15(26-14)13(3)21-17(18-4)19-8-9-22(5)10-11-24-6;/h13H,7-11H2,1-6H3,(H2,18,19,21);1H. The number of rotatable bonds is 10. The van der Waals surface area contributed by atoms with Crippen LogP contribution in [0.2, 0.25) is 0 Å². The lowest BCUT2D eigenvalue weighted by Gasteiger charge is -2.19. The van der Waals surface area contributed by atoms with Crippen LogP contribution in [-0.4, -0.2) is 75.9 Å². The molecule has 0 amide bonds. The van der Waals surface area contributed by atoms with Crippen molar-refractivity contribution in [2.75, 3.05) is 54.1 Å². The number of aryl methyl sites for hydroxylation is 1. The summed E-state index contributed by atoms with van der Waals surface area (Å²) in [6.07, 6.45) is 0. The van der Waals surface area contributed by atoms with Gasteiger partial charge in [0, 0.05) is 33.8 Å². The Hall–Kier alpha value is -0.980. The zero-order chi connectivity index (χ0) is 19.5. The van der Waals surface area contributed by atoms with Crippen molar-refractivity contribution in [3.05, 3.63) is 15.6 Å². The average molecular weight is 513 g/mol. The normalized spacial score (nSPS) is 12.5. The summed E-state index contributed by atoms with van der Waals surface area (Å²) in [5, 5.41) is 7.41. The van der Waals surface area contributed by atoms with Gasteiger partial charge in [0.1, 0.15) is 9.88 Å². The quantitative estimate of drug-likeness (QED) is 0.214. The van der Waals surface area contributed by atoms with Crippen LogP contribution in [0.4, 0.5) is 0 Å². The summed E-state index contributed by atoms with van der Waals surface area (Å²) in [7, 11) is 5.48. The van der Waals surface area contributed by atoms with Crippen LogP contribution in [-0.2, 0) is 9.47 Å². The van der Waals surface area contributed by atoms with Gasteiger partial charge in [0.25, 0.3) is 0 Å². The first-order chi connectivity index (χ1) is 12.4. The van der Waals surface area contributed by atoms with Gasteiger partial charge in [0.15, 0.2) is 5.96 Å². The Balaban J connectivity index is 0.00000676. The largest absolute Gasteiger partial charge is 0.462 e. The topological polar surface area (TPSA) is 88.1 Å². The van der Waals surface area contributed by atoms with Crippen LogP contribution >= 0.6 is 35.3 Å². The third-order valence-corrected chi connectivity index (χ3v) is 5.00. The zero-order valence-corrected chi connectivity index (χ0v) is 20.1. The smallest absolute Gasteiger partial charge is 0.350 e. The highest BCUT2D eigenvalue weighted by atomic mass is 127. The highest BCUT2D eigenvalue weighted by molar-refractivity contribution is 14.0. The summed E-state index contributed by atoms with van der Waals surface area (Å²) in [6.45, 7) is 9.20. The van der Waals surface area contributed by atoms with E-state index in [2.05, 4.69) is 32.6 Å². The molecule has 8 nitrogen and oxygen atoms in total. The van der Waals surface area contributed by atoms with Crippen molar-refractivity contribution in [2.45, 2.75) is 26.8 Å². The number of hydrogen-bond donors (Lipinski definition) is 2. The van der Waals surface area contributed by atoms with Crippen LogP contribution in [0.5, 0.6) is 0 Å². The molecule has 0 fully saturated rings. The number of hydrogen-bond acceptors (Lipinski definition) is 7. The molecule has 10 heteroatoms. The number of carbonyl (C=O) groups is 1. The molecule has 1 rings (SSSR count). The molecular formula is C17H32IN5O3S. The number of guanidine groups is 1. The molecule has 2 N–H and O–H groups in total. The van der Waals surface area contributed by atoms with Gasteiger partial charge < -0.3 is 25.0 Å². The first-order valence-electron chi connectivity index (χ1n) is 8.72. The molecule has 0 saturated carbocycles. The monoisotopic (exact) mass is 513 g/mol. The summed E-state index contributed by atoms with van der Waals surface area (Å²) < 4.78 is 10.1. The van der Waals surface area contributed by atoms with Crippen molar-refractivity contribution in [2.24, 2.45) is 4.99 Å². The summed E-state index contributed by atoms with van der Waals surface area (Å²) in [5.74, 6) is 0.380. The van der Waals surface area contributed by atoms with Crippen molar-refractivity contribution >= 4 is 47.2 Å². The second-order valence-corrected chi connectivity index (χ2v) is 6.88. The molecule has 0 aromatic carbocycles. The molecular weight excluding hydrogens is 481 g/mol. The fourth-order valence-electron chi connectivity index (χ4n) is 2.17. The number of nitrogens with one attached hydrogen (secondary N) is 2. The number of thiazole rings is 1. The lowest BCUT2D eigenvalue weighted by molar-refractivity contribution is 0.0531. The number of ether oxygens (including phenoxy) is 2. The molecule has 1 aromatic heterocycles. The minimum absolute atomic E-state index is 0.